The number of ether oxygens (including phenoxy) is 1. The van der Waals surface area contributed by atoms with E-state index in [4.69, 9.17) is 10.5 Å². The molecule has 1 aromatic carbocycles. The second-order valence-corrected chi connectivity index (χ2v) is 6.22. The van der Waals surface area contributed by atoms with E-state index in [0.29, 0.717) is 24.4 Å². The monoisotopic (exact) mass is 346 g/mol. The Morgan fingerprint density at radius 2 is 1.96 bits per heavy atom. The summed E-state index contributed by atoms with van der Waals surface area (Å²) in [5, 5.41) is 2.92. The zero-order valence-electron chi connectivity index (χ0n) is 13.1. The number of thiazole rings is 1. The van der Waals surface area contributed by atoms with E-state index < -0.39 is 5.91 Å². The number of carbonyl (C=O) groups is 2. The van der Waals surface area contributed by atoms with Crippen LogP contribution in [-0.4, -0.2) is 54.5 Å². The Hall–Kier alpha value is -2.61. The van der Waals surface area contributed by atoms with Gasteiger partial charge < -0.3 is 20.3 Å². The fourth-order valence-corrected chi connectivity index (χ4v) is 3.26. The van der Waals surface area contributed by atoms with Crippen LogP contribution in [0.1, 0.15) is 10.4 Å². The van der Waals surface area contributed by atoms with Crippen molar-refractivity contribution in [1.29, 1.82) is 0 Å². The van der Waals surface area contributed by atoms with Gasteiger partial charge in [-0.2, -0.15) is 0 Å². The van der Waals surface area contributed by atoms with Crippen LogP contribution in [0.2, 0.25) is 0 Å². The number of anilines is 1. The number of nitrogens with two attached hydrogens (primary N) is 1. The molecule has 2 amide bonds. The van der Waals surface area contributed by atoms with Crippen LogP contribution in [0.5, 0.6) is 5.75 Å². The SMILES string of the molecule is NC(=O)COc1ccccc1C(=O)N1CCN(c2nccs2)CC1. The molecule has 24 heavy (non-hydrogen) atoms. The molecule has 1 fully saturated rings. The molecule has 8 heteroatoms. The van der Waals surface area contributed by atoms with Crippen LogP contribution in [0.4, 0.5) is 5.13 Å². The van der Waals surface area contributed by atoms with Crippen molar-refractivity contribution in [2.45, 2.75) is 0 Å². The second-order valence-electron chi connectivity index (χ2n) is 5.35. The number of aromatic nitrogens is 1. The summed E-state index contributed by atoms with van der Waals surface area (Å²) in [6.07, 6.45) is 1.78. The molecule has 1 saturated heterocycles. The first kappa shape index (κ1) is 16.3. The van der Waals surface area contributed by atoms with Crippen LogP contribution >= 0.6 is 11.3 Å². The van der Waals surface area contributed by atoms with Crippen molar-refractivity contribution in [3.63, 3.8) is 0 Å². The highest BCUT2D eigenvalue weighted by molar-refractivity contribution is 7.13. The minimum atomic E-state index is -0.575. The summed E-state index contributed by atoms with van der Waals surface area (Å²) in [6.45, 7) is 2.46. The van der Waals surface area contributed by atoms with Gasteiger partial charge in [-0.05, 0) is 12.1 Å². The maximum atomic E-state index is 12.8. The highest BCUT2D eigenvalue weighted by Gasteiger charge is 2.25. The number of primary amides is 1. The van der Waals surface area contributed by atoms with Crippen molar-refractivity contribution in [3.8, 4) is 5.75 Å². The van der Waals surface area contributed by atoms with Gasteiger partial charge in [0, 0.05) is 37.8 Å². The van der Waals surface area contributed by atoms with E-state index >= 15 is 0 Å². The molecular weight excluding hydrogens is 328 g/mol. The minimum absolute atomic E-state index is 0.103. The Morgan fingerprint density at radius 1 is 1.21 bits per heavy atom. The first-order valence-electron chi connectivity index (χ1n) is 7.59. The van der Waals surface area contributed by atoms with Crippen LogP contribution in [0.25, 0.3) is 0 Å². The van der Waals surface area contributed by atoms with Gasteiger partial charge in [0.2, 0.25) is 0 Å². The summed E-state index contributed by atoms with van der Waals surface area (Å²) in [5.74, 6) is -0.299. The normalized spacial score (nSPS) is 14.5. The lowest BCUT2D eigenvalue weighted by atomic mass is 10.1. The zero-order chi connectivity index (χ0) is 16.9. The number of para-hydroxylation sites is 1. The molecule has 1 aliphatic rings. The zero-order valence-corrected chi connectivity index (χ0v) is 13.9. The van der Waals surface area contributed by atoms with E-state index in [2.05, 4.69) is 9.88 Å². The fourth-order valence-electron chi connectivity index (χ4n) is 2.56. The molecule has 0 saturated carbocycles. The smallest absolute Gasteiger partial charge is 0.257 e. The quantitative estimate of drug-likeness (QED) is 0.871. The van der Waals surface area contributed by atoms with Gasteiger partial charge in [0.1, 0.15) is 5.75 Å². The van der Waals surface area contributed by atoms with Crippen molar-refractivity contribution in [2.24, 2.45) is 5.73 Å². The molecule has 1 aromatic heterocycles. The number of rotatable bonds is 5. The largest absolute Gasteiger partial charge is 0.483 e. The molecule has 2 aromatic rings. The molecule has 0 aliphatic carbocycles. The Balaban J connectivity index is 1.66. The van der Waals surface area contributed by atoms with Crippen LogP contribution < -0.4 is 15.4 Å². The summed E-state index contributed by atoms with van der Waals surface area (Å²) in [6, 6.07) is 6.90. The van der Waals surface area contributed by atoms with Crippen LogP contribution in [0, 0.1) is 0 Å². The number of carbonyl (C=O) groups excluding carboxylic acids is 2. The van der Waals surface area contributed by atoms with Gasteiger partial charge in [-0.15, -0.1) is 11.3 Å². The number of hydrogen-bond donors (Lipinski definition) is 1. The van der Waals surface area contributed by atoms with E-state index in [0.717, 1.165) is 18.2 Å². The van der Waals surface area contributed by atoms with Gasteiger partial charge in [0.15, 0.2) is 11.7 Å². The Bertz CT molecular complexity index is 712. The molecule has 0 unspecified atom stereocenters. The van der Waals surface area contributed by atoms with Gasteiger partial charge in [-0.1, -0.05) is 12.1 Å². The standard InChI is InChI=1S/C16H18N4O3S/c17-14(21)11-23-13-4-2-1-3-12(13)15(22)19-6-8-20(9-7-19)16-18-5-10-24-16/h1-5,10H,6-9,11H2,(H2,17,21). The Morgan fingerprint density at radius 3 is 2.62 bits per heavy atom. The summed E-state index contributed by atoms with van der Waals surface area (Å²) in [7, 11) is 0. The molecule has 126 valence electrons. The van der Waals surface area contributed by atoms with E-state index in [-0.39, 0.29) is 12.5 Å². The predicted octanol–water partition coefficient (Wildman–Crippen LogP) is 0.970. The third-order valence-electron chi connectivity index (χ3n) is 3.74. The average molecular weight is 346 g/mol. The molecule has 7 nitrogen and oxygen atoms in total. The van der Waals surface area contributed by atoms with Gasteiger partial charge >= 0.3 is 0 Å². The number of amides is 2. The highest BCUT2D eigenvalue weighted by Crippen LogP contribution is 2.23. The summed E-state index contributed by atoms with van der Waals surface area (Å²) >= 11 is 1.59. The first-order valence-corrected chi connectivity index (χ1v) is 8.47. The first-order chi connectivity index (χ1) is 11.6. The molecule has 1 aliphatic heterocycles. The molecule has 2 heterocycles. The second kappa shape index (κ2) is 7.31. The van der Waals surface area contributed by atoms with Crippen molar-refractivity contribution in [3.05, 3.63) is 41.4 Å². The van der Waals surface area contributed by atoms with Crippen LogP contribution in [0.3, 0.4) is 0 Å². The van der Waals surface area contributed by atoms with Gasteiger partial charge in [0.05, 0.1) is 5.56 Å². The number of piperazine rings is 1. The average Bonchev–Trinajstić information content (AvgIpc) is 3.14. The third-order valence-corrected chi connectivity index (χ3v) is 4.58. The molecule has 3 rings (SSSR count). The Labute approximate surface area is 143 Å². The predicted molar refractivity (Wildman–Crippen MR) is 91.4 cm³/mol. The molecule has 0 radical (unpaired) electrons. The number of hydrogen-bond acceptors (Lipinski definition) is 6. The van der Waals surface area contributed by atoms with Gasteiger partial charge in [0.25, 0.3) is 11.8 Å². The molecule has 0 bridgehead atoms. The van der Waals surface area contributed by atoms with E-state index in [1.807, 2.05) is 5.38 Å². The lowest BCUT2D eigenvalue weighted by Crippen LogP contribution is -2.48. The Kier molecular flexibility index (Phi) is 4.95. The van der Waals surface area contributed by atoms with Gasteiger partial charge in [-0.25, -0.2) is 4.98 Å². The maximum Gasteiger partial charge on any atom is 0.257 e. The highest BCUT2D eigenvalue weighted by atomic mass is 32.1. The third kappa shape index (κ3) is 3.65. The van der Waals surface area contributed by atoms with E-state index in [9.17, 15) is 9.59 Å². The lowest BCUT2D eigenvalue weighted by Gasteiger charge is -2.34. The van der Waals surface area contributed by atoms with Crippen LogP contribution in [-0.2, 0) is 4.79 Å². The summed E-state index contributed by atoms with van der Waals surface area (Å²) in [5.41, 5.74) is 5.55. The fraction of sp³-hybridized carbons (Fsp3) is 0.312. The minimum Gasteiger partial charge on any atom is -0.483 e. The maximum absolute atomic E-state index is 12.8. The molecular formula is C16H18N4O3S. The lowest BCUT2D eigenvalue weighted by molar-refractivity contribution is -0.119. The number of benzene rings is 1. The van der Waals surface area contributed by atoms with E-state index in [1.165, 1.54) is 0 Å². The molecule has 0 spiro atoms. The number of nitrogens with zero attached hydrogens (tertiary/aromatic N) is 3. The molecule has 2 N–H and O–H groups in total. The summed E-state index contributed by atoms with van der Waals surface area (Å²) < 4.78 is 5.35. The van der Waals surface area contributed by atoms with Crippen molar-refractivity contribution >= 4 is 28.3 Å². The van der Waals surface area contributed by atoms with Crippen molar-refractivity contribution < 1.29 is 14.3 Å². The van der Waals surface area contributed by atoms with Crippen molar-refractivity contribution in [1.82, 2.24) is 9.88 Å². The van der Waals surface area contributed by atoms with E-state index in [1.54, 1.807) is 46.7 Å². The topological polar surface area (TPSA) is 88.8 Å². The van der Waals surface area contributed by atoms with Crippen LogP contribution in [0.15, 0.2) is 35.8 Å². The summed E-state index contributed by atoms with van der Waals surface area (Å²) in [4.78, 5) is 31.9. The van der Waals surface area contributed by atoms with Crippen molar-refractivity contribution in [2.75, 3.05) is 37.7 Å². The van der Waals surface area contributed by atoms with Gasteiger partial charge in [-0.3, -0.25) is 9.59 Å². The molecule has 0 atom stereocenters.